The number of para-hydroxylation sites is 2. The highest BCUT2D eigenvalue weighted by atomic mass is 35.5. The molecular weight excluding hydrogens is 388 g/mol. The van der Waals surface area contributed by atoms with E-state index in [1.54, 1.807) is 7.11 Å². The molecule has 0 bridgehead atoms. The Hall–Kier alpha value is -2.57. The second kappa shape index (κ2) is 9.76. The molecule has 1 aliphatic rings. The van der Waals surface area contributed by atoms with Crippen molar-refractivity contribution in [2.75, 3.05) is 25.5 Å². The monoisotopic (exact) mass is 414 g/mol. The van der Waals surface area contributed by atoms with Gasteiger partial charge in [0.15, 0.2) is 0 Å². The summed E-state index contributed by atoms with van der Waals surface area (Å²) >= 11 is 0. The minimum Gasteiger partial charge on any atom is -0.497 e. The predicted molar refractivity (Wildman–Crippen MR) is 118 cm³/mol. The van der Waals surface area contributed by atoms with E-state index in [9.17, 15) is 4.79 Å². The first kappa shape index (κ1) is 21.1. The van der Waals surface area contributed by atoms with E-state index in [4.69, 9.17) is 4.74 Å². The molecule has 1 saturated heterocycles. The number of aromatic nitrogens is 2. The Bertz CT molecular complexity index is 966. The first-order valence-corrected chi connectivity index (χ1v) is 9.81. The van der Waals surface area contributed by atoms with Gasteiger partial charge in [-0.25, -0.2) is 4.98 Å². The fourth-order valence-electron chi connectivity index (χ4n) is 3.77. The third kappa shape index (κ3) is 5.08. The maximum atomic E-state index is 12.5. The number of methoxy groups -OCH3 is 1. The molecule has 1 aromatic heterocycles. The summed E-state index contributed by atoms with van der Waals surface area (Å²) in [5.74, 6) is 2.03. The smallest absolute Gasteiger partial charge is 0.226 e. The summed E-state index contributed by atoms with van der Waals surface area (Å²) < 4.78 is 7.39. The molecular formula is C22H27ClN4O2. The Morgan fingerprint density at radius 3 is 2.93 bits per heavy atom. The second-order valence-corrected chi connectivity index (χ2v) is 7.31. The normalized spacial score (nSPS) is 15.8. The quantitative estimate of drug-likeness (QED) is 0.616. The summed E-state index contributed by atoms with van der Waals surface area (Å²) in [7, 11) is 1.66. The Kier molecular flexibility index (Phi) is 7.12. The van der Waals surface area contributed by atoms with Crippen LogP contribution >= 0.6 is 12.4 Å². The number of rotatable bonds is 7. The average Bonchev–Trinajstić information content (AvgIpc) is 3.35. The number of ether oxygens (including phenoxy) is 1. The number of anilines is 1. The van der Waals surface area contributed by atoms with Crippen molar-refractivity contribution >= 4 is 35.3 Å². The van der Waals surface area contributed by atoms with Gasteiger partial charge in [-0.15, -0.1) is 12.4 Å². The number of carbonyl (C=O) groups is 1. The van der Waals surface area contributed by atoms with Gasteiger partial charge in [0.25, 0.3) is 0 Å². The molecule has 6 nitrogen and oxygen atoms in total. The molecule has 2 N–H and O–H groups in total. The van der Waals surface area contributed by atoms with Crippen LogP contribution in [0.5, 0.6) is 5.75 Å². The van der Waals surface area contributed by atoms with Crippen molar-refractivity contribution in [1.29, 1.82) is 0 Å². The van der Waals surface area contributed by atoms with Crippen molar-refractivity contribution in [3.8, 4) is 5.75 Å². The summed E-state index contributed by atoms with van der Waals surface area (Å²) in [4.78, 5) is 17.2. The van der Waals surface area contributed by atoms with Gasteiger partial charge in [-0.05, 0) is 61.7 Å². The van der Waals surface area contributed by atoms with E-state index >= 15 is 0 Å². The van der Waals surface area contributed by atoms with Crippen LogP contribution in [0.4, 0.5) is 5.95 Å². The topological polar surface area (TPSA) is 68.2 Å². The van der Waals surface area contributed by atoms with E-state index in [1.807, 2.05) is 42.5 Å². The molecule has 1 atom stereocenters. The highest BCUT2D eigenvalue weighted by Crippen LogP contribution is 2.23. The third-order valence-corrected chi connectivity index (χ3v) is 5.32. The number of fused-ring (bicyclic) bond motifs is 1. The second-order valence-electron chi connectivity index (χ2n) is 7.31. The molecule has 4 rings (SSSR count). The first-order valence-electron chi connectivity index (χ1n) is 9.81. The van der Waals surface area contributed by atoms with Gasteiger partial charge < -0.3 is 14.6 Å². The van der Waals surface area contributed by atoms with Crippen molar-refractivity contribution in [3.05, 3.63) is 54.1 Å². The molecule has 3 aromatic rings. The zero-order valence-corrected chi connectivity index (χ0v) is 17.4. The average molecular weight is 415 g/mol. The Morgan fingerprint density at radius 1 is 1.28 bits per heavy atom. The summed E-state index contributed by atoms with van der Waals surface area (Å²) in [5, 5.41) is 6.38. The Labute approximate surface area is 177 Å². The van der Waals surface area contributed by atoms with Gasteiger partial charge in [-0.2, -0.15) is 0 Å². The lowest BCUT2D eigenvalue weighted by molar-refractivity contribution is -0.116. The highest BCUT2D eigenvalue weighted by molar-refractivity contribution is 5.91. The van der Waals surface area contributed by atoms with Crippen LogP contribution in [0, 0.1) is 5.92 Å². The molecule has 0 radical (unpaired) electrons. The number of carbonyl (C=O) groups excluding carboxylic acids is 1. The van der Waals surface area contributed by atoms with E-state index in [1.165, 1.54) is 0 Å². The van der Waals surface area contributed by atoms with Gasteiger partial charge in [-0.3, -0.25) is 10.1 Å². The number of amides is 1. The summed E-state index contributed by atoms with van der Waals surface area (Å²) in [5.41, 5.74) is 2.97. The van der Waals surface area contributed by atoms with Crippen LogP contribution in [0.3, 0.4) is 0 Å². The van der Waals surface area contributed by atoms with Crippen LogP contribution < -0.4 is 15.4 Å². The van der Waals surface area contributed by atoms with E-state index in [2.05, 4.69) is 26.3 Å². The fraction of sp³-hybridized carbons (Fsp3) is 0.364. The predicted octanol–water partition coefficient (Wildman–Crippen LogP) is 3.84. The minimum atomic E-state index is 0. The zero-order chi connectivity index (χ0) is 19.3. The Morgan fingerprint density at radius 2 is 2.14 bits per heavy atom. The van der Waals surface area contributed by atoms with Gasteiger partial charge in [0.05, 0.1) is 24.7 Å². The van der Waals surface area contributed by atoms with E-state index in [-0.39, 0.29) is 18.3 Å². The lowest BCUT2D eigenvalue weighted by Gasteiger charge is -2.12. The van der Waals surface area contributed by atoms with Crippen molar-refractivity contribution in [2.24, 2.45) is 5.92 Å². The minimum absolute atomic E-state index is 0. The molecule has 1 fully saturated rings. The van der Waals surface area contributed by atoms with E-state index < -0.39 is 0 Å². The SMILES string of the molecule is COc1cccc(Cn2c(NC(=O)CCC3CCNC3)nc3ccccc32)c1.Cl. The van der Waals surface area contributed by atoms with Crippen molar-refractivity contribution < 1.29 is 9.53 Å². The van der Waals surface area contributed by atoms with Crippen LogP contribution in [0.2, 0.25) is 0 Å². The number of benzene rings is 2. The molecule has 1 unspecified atom stereocenters. The third-order valence-electron chi connectivity index (χ3n) is 5.32. The highest BCUT2D eigenvalue weighted by Gasteiger charge is 2.18. The lowest BCUT2D eigenvalue weighted by atomic mass is 10.0. The summed E-state index contributed by atoms with van der Waals surface area (Å²) in [6.45, 7) is 2.68. The number of hydrogen-bond acceptors (Lipinski definition) is 4. The largest absolute Gasteiger partial charge is 0.497 e. The molecule has 1 aliphatic heterocycles. The van der Waals surface area contributed by atoms with Crippen LogP contribution in [0.25, 0.3) is 11.0 Å². The Balaban J connectivity index is 0.00000240. The number of halogens is 1. The van der Waals surface area contributed by atoms with Crippen LogP contribution in [0.1, 0.15) is 24.8 Å². The van der Waals surface area contributed by atoms with Crippen molar-refractivity contribution in [2.45, 2.75) is 25.8 Å². The van der Waals surface area contributed by atoms with Gasteiger partial charge in [0, 0.05) is 6.42 Å². The first-order chi connectivity index (χ1) is 13.7. The molecule has 7 heteroatoms. The maximum absolute atomic E-state index is 12.5. The molecule has 1 amide bonds. The molecule has 2 aromatic carbocycles. The molecule has 29 heavy (non-hydrogen) atoms. The lowest BCUT2D eigenvalue weighted by Crippen LogP contribution is -2.18. The molecule has 0 spiro atoms. The van der Waals surface area contributed by atoms with Gasteiger partial charge in [0.1, 0.15) is 5.75 Å². The number of nitrogens with zero attached hydrogens (tertiary/aromatic N) is 2. The maximum Gasteiger partial charge on any atom is 0.226 e. The number of imidazole rings is 1. The van der Waals surface area contributed by atoms with E-state index in [0.717, 1.165) is 48.3 Å². The van der Waals surface area contributed by atoms with E-state index in [0.29, 0.717) is 24.8 Å². The molecule has 154 valence electrons. The van der Waals surface area contributed by atoms with Crippen molar-refractivity contribution in [3.63, 3.8) is 0 Å². The zero-order valence-electron chi connectivity index (χ0n) is 16.6. The van der Waals surface area contributed by atoms with Crippen LogP contribution in [0.15, 0.2) is 48.5 Å². The van der Waals surface area contributed by atoms with Crippen molar-refractivity contribution in [1.82, 2.24) is 14.9 Å². The van der Waals surface area contributed by atoms with Crippen LogP contribution in [-0.4, -0.2) is 35.7 Å². The standard InChI is InChI=1S/C22H26N4O2.ClH/c1-28-18-6-4-5-17(13-18)15-26-20-8-3-2-7-19(20)24-22(26)25-21(27)10-9-16-11-12-23-14-16;/h2-8,13,16,23H,9-12,14-15H2,1H3,(H,24,25,27);1H. The molecule has 0 saturated carbocycles. The van der Waals surface area contributed by atoms with Gasteiger partial charge >= 0.3 is 0 Å². The number of hydrogen-bond donors (Lipinski definition) is 2. The molecule has 2 heterocycles. The number of nitrogens with one attached hydrogen (secondary N) is 2. The fourth-order valence-corrected chi connectivity index (χ4v) is 3.77. The summed E-state index contributed by atoms with van der Waals surface area (Å²) in [6.07, 6.45) is 2.59. The van der Waals surface area contributed by atoms with Gasteiger partial charge in [-0.1, -0.05) is 24.3 Å². The molecule has 0 aliphatic carbocycles. The van der Waals surface area contributed by atoms with Crippen LogP contribution in [-0.2, 0) is 11.3 Å². The van der Waals surface area contributed by atoms with Gasteiger partial charge in [0.2, 0.25) is 11.9 Å². The summed E-state index contributed by atoms with van der Waals surface area (Å²) in [6, 6.07) is 15.9.